The second kappa shape index (κ2) is 10.4. The number of nitrogens with zero attached hydrogens (tertiary/aromatic N) is 4. The van der Waals surface area contributed by atoms with Gasteiger partial charge < -0.3 is 9.47 Å². The van der Waals surface area contributed by atoms with Gasteiger partial charge in [-0.05, 0) is 89.0 Å². The van der Waals surface area contributed by atoms with Crippen LogP contribution in [0.1, 0.15) is 0 Å². The van der Waals surface area contributed by atoms with E-state index in [2.05, 4.69) is 167 Å². The lowest BCUT2D eigenvalue weighted by molar-refractivity contribution is 1.17. The molecule has 0 N–H and O–H groups in total. The predicted octanol–water partition coefficient (Wildman–Crippen LogP) is 12.2. The molecule has 0 amide bonds. The molecule has 0 bridgehead atoms. The van der Waals surface area contributed by atoms with Crippen molar-refractivity contribution in [1.82, 2.24) is 14.5 Å². The van der Waals surface area contributed by atoms with Crippen LogP contribution in [0.15, 0.2) is 170 Å². The maximum Gasteiger partial charge on any atom is 0.100 e. The third kappa shape index (κ3) is 3.81. The van der Waals surface area contributed by atoms with Gasteiger partial charge in [0.15, 0.2) is 0 Å². The average molecular weight is 637 g/mol. The first-order valence-corrected chi connectivity index (χ1v) is 17.0. The van der Waals surface area contributed by atoms with Crippen molar-refractivity contribution in [3.05, 3.63) is 170 Å². The molecular formula is C46H28N4. The number of hydrogen-bond donors (Lipinski definition) is 0. The lowest BCUT2D eigenvalue weighted by Crippen LogP contribution is -2.09. The number of benzene rings is 8. The molecule has 1 aliphatic carbocycles. The third-order valence-corrected chi connectivity index (χ3v) is 10.2. The lowest BCUT2D eigenvalue weighted by atomic mass is 9.98. The van der Waals surface area contributed by atoms with Crippen LogP contribution >= 0.6 is 0 Å². The van der Waals surface area contributed by atoms with E-state index in [0.717, 1.165) is 61.8 Å². The van der Waals surface area contributed by atoms with Crippen molar-refractivity contribution in [1.29, 1.82) is 0 Å². The van der Waals surface area contributed by atoms with Crippen molar-refractivity contribution in [2.45, 2.75) is 0 Å². The van der Waals surface area contributed by atoms with Crippen molar-refractivity contribution in [2.75, 3.05) is 4.90 Å². The summed E-state index contributed by atoms with van der Waals surface area (Å²) in [4.78, 5) is 12.9. The van der Waals surface area contributed by atoms with Gasteiger partial charge in [-0.1, -0.05) is 97.1 Å². The van der Waals surface area contributed by atoms with Gasteiger partial charge in [0, 0.05) is 50.0 Å². The van der Waals surface area contributed by atoms with E-state index >= 15 is 0 Å². The van der Waals surface area contributed by atoms with Crippen LogP contribution < -0.4 is 4.90 Å². The summed E-state index contributed by atoms with van der Waals surface area (Å²) in [6, 6.07) is 60.5. The van der Waals surface area contributed by atoms with E-state index in [9.17, 15) is 0 Å². The normalized spacial score (nSPS) is 12.0. The van der Waals surface area contributed by atoms with Gasteiger partial charge in [0.25, 0.3) is 0 Å². The van der Waals surface area contributed by atoms with Gasteiger partial charge in [0.05, 0.1) is 27.8 Å². The van der Waals surface area contributed by atoms with E-state index in [4.69, 9.17) is 9.97 Å². The molecule has 0 radical (unpaired) electrons. The van der Waals surface area contributed by atoms with Gasteiger partial charge in [-0.2, -0.15) is 0 Å². The average Bonchev–Trinajstić information content (AvgIpc) is 3.68. The van der Waals surface area contributed by atoms with E-state index < -0.39 is 0 Å². The van der Waals surface area contributed by atoms with E-state index in [-0.39, 0.29) is 0 Å². The fourth-order valence-electron chi connectivity index (χ4n) is 8.13. The molecule has 11 rings (SSSR count). The van der Waals surface area contributed by atoms with E-state index in [0.29, 0.717) is 0 Å². The van der Waals surface area contributed by atoms with Crippen LogP contribution in [0.4, 0.5) is 17.1 Å². The Morgan fingerprint density at radius 3 is 1.80 bits per heavy atom. The second-order valence-electron chi connectivity index (χ2n) is 13.0. The summed E-state index contributed by atoms with van der Waals surface area (Å²) in [5, 5.41) is 7.37. The van der Waals surface area contributed by atoms with Crippen molar-refractivity contribution in [2.24, 2.45) is 0 Å². The van der Waals surface area contributed by atoms with Crippen LogP contribution in [0.5, 0.6) is 0 Å². The smallest absolute Gasteiger partial charge is 0.100 e. The SMILES string of the molecule is c1ccc(N(c2ccccc2)c2ccc(-n3c4ccc5ccccc5c4c4cc5cccc6c5c(c43)-c3nc4ccccc4nc3-6)cc2)cc1. The molecule has 0 saturated carbocycles. The summed E-state index contributed by atoms with van der Waals surface area (Å²) < 4.78 is 2.45. The maximum atomic E-state index is 5.33. The molecule has 0 saturated heterocycles. The van der Waals surface area contributed by atoms with Gasteiger partial charge in [-0.3, -0.25) is 0 Å². The first-order valence-electron chi connectivity index (χ1n) is 17.0. The highest BCUT2D eigenvalue weighted by molar-refractivity contribution is 6.30. The topological polar surface area (TPSA) is 34.0 Å². The van der Waals surface area contributed by atoms with Crippen LogP contribution in [-0.2, 0) is 0 Å². The summed E-state index contributed by atoms with van der Waals surface area (Å²) >= 11 is 0. The van der Waals surface area contributed by atoms with Crippen molar-refractivity contribution < 1.29 is 0 Å². The number of para-hydroxylation sites is 4. The molecule has 1 aliphatic rings. The second-order valence-corrected chi connectivity index (χ2v) is 13.0. The summed E-state index contributed by atoms with van der Waals surface area (Å²) in [5.41, 5.74) is 12.8. The number of anilines is 3. The lowest BCUT2D eigenvalue weighted by Gasteiger charge is -2.25. The van der Waals surface area contributed by atoms with Gasteiger partial charge >= 0.3 is 0 Å². The Kier molecular flexibility index (Phi) is 5.63. The van der Waals surface area contributed by atoms with Crippen LogP contribution in [0.2, 0.25) is 0 Å². The van der Waals surface area contributed by atoms with Gasteiger partial charge in [-0.25, -0.2) is 9.97 Å². The minimum Gasteiger partial charge on any atom is -0.311 e. The number of fused-ring (bicyclic) bond motifs is 10. The number of rotatable bonds is 4. The first kappa shape index (κ1) is 27.2. The highest BCUT2D eigenvalue weighted by atomic mass is 15.1. The fourth-order valence-corrected chi connectivity index (χ4v) is 8.13. The van der Waals surface area contributed by atoms with Crippen molar-refractivity contribution in [3.63, 3.8) is 0 Å². The first-order chi connectivity index (χ1) is 24.8. The van der Waals surface area contributed by atoms with Gasteiger partial charge in [-0.15, -0.1) is 0 Å². The molecular weight excluding hydrogens is 609 g/mol. The Labute approximate surface area is 288 Å². The van der Waals surface area contributed by atoms with E-state index in [1.807, 2.05) is 12.1 Å². The molecule has 0 fully saturated rings. The summed E-state index contributed by atoms with van der Waals surface area (Å²) in [7, 11) is 0. The van der Waals surface area contributed by atoms with Crippen molar-refractivity contribution >= 4 is 71.4 Å². The minimum absolute atomic E-state index is 0.906. The maximum absolute atomic E-state index is 5.33. The van der Waals surface area contributed by atoms with Crippen LogP contribution in [0.25, 0.3) is 82.6 Å². The largest absolute Gasteiger partial charge is 0.311 e. The monoisotopic (exact) mass is 636 g/mol. The van der Waals surface area contributed by atoms with Gasteiger partial charge in [0.1, 0.15) is 5.69 Å². The van der Waals surface area contributed by atoms with E-state index in [1.165, 1.54) is 37.8 Å². The molecule has 10 aromatic rings. The summed E-state index contributed by atoms with van der Waals surface area (Å²) in [6.45, 7) is 0. The summed E-state index contributed by atoms with van der Waals surface area (Å²) in [5.74, 6) is 0. The molecule has 0 aliphatic heterocycles. The zero-order valence-corrected chi connectivity index (χ0v) is 27.0. The Hall–Kier alpha value is -6.78. The quantitative estimate of drug-likeness (QED) is 0.193. The number of aromatic nitrogens is 3. The van der Waals surface area contributed by atoms with Crippen LogP contribution in [0, 0.1) is 0 Å². The Morgan fingerprint density at radius 2 is 1.06 bits per heavy atom. The molecule has 2 aromatic heterocycles. The van der Waals surface area contributed by atoms with E-state index in [1.54, 1.807) is 0 Å². The number of hydrogen-bond acceptors (Lipinski definition) is 3. The van der Waals surface area contributed by atoms with Crippen LogP contribution in [-0.4, -0.2) is 14.5 Å². The Morgan fingerprint density at radius 1 is 0.440 bits per heavy atom. The molecule has 0 atom stereocenters. The zero-order valence-electron chi connectivity index (χ0n) is 27.0. The highest BCUT2D eigenvalue weighted by Crippen LogP contribution is 2.52. The predicted molar refractivity (Wildman–Crippen MR) is 208 cm³/mol. The molecule has 4 heteroatoms. The van der Waals surface area contributed by atoms with Gasteiger partial charge in [0.2, 0.25) is 0 Å². The summed E-state index contributed by atoms with van der Waals surface area (Å²) in [6.07, 6.45) is 0. The highest BCUT2D eigenvalue weighted by Gasteiger charge is 2.30. The zero-order chi connectivity index (χ0) is 32.8. The third-order valence-electron chi connectivity index (χ3n) is 10.2. The fraction of sp³-hybridized carbons (Fsp3) is 0. The molecule has 4 nitrogen and oxygen atoms in total. The standard InChI is InChI=1S/C46H28N4/c1-3-14-31(15-4-1)49(32-16-5-2-6-17-32)33-23-25-34(26-24-33)50-40-27-22-29-12-7-8-18-35(29)42(40)37-28-30-13-11-19-36-41(30)43(46(37)50)45-44(36)47-38-20-9-10-21-39(38)48-45/h1-28H. The Balaban J connectivity index is 1.23. The molecule has 50 heavy (non-hydrogen) atoms. The minimum atomic E-state index is 0.906. The van der Waals surface area contributed by atoms with Crippen LogP contribution in [0.3, 0.4) is 0 Å². The molecule has 2 heterocycles. The molecule has 8 aromatic carbocycles. The Bertz CT molecular complexity index is 2920. The molecule has 232 valence electrons. The molecule has 0 unspecified atom stereocenters. The molecule has 0 spiro atoms. The van der Waals surface area contributed by atoms with Crippen molar-refractivity contribution in [3.8, 4) is 28.2 Å².